The largest absolute Gasteiger partial charge is 0.366 e. The second kappa shape index (κ2) is 6.34. The molecule has 1 N–H and O–H groups in total. The summed E-state index contributed by atoms with van der Waals surface area (Å²) in [7, 11) is 0. The van der Waals surface area contributed by atoms with Gasteiger partial charge in [-0.15, -0.1) is 0 Å². The molecule has 1 saturated heterocycles. The van der Waals surface area contributed by atoms with Crippen LogP contribution >= 0.6 is 0 Å². The van der Waals surface area contributed by atoms with Gasteiger partial charge < -0.3 is 10.2 Å². The third-order valence-electron chi connectivity index (χ3n) is 4.37. The predicted molar refractivity (Wildman–Crippen MR) is 91.5 cm³/mol. The van der Waals surface area contributed by atoms with Gasteiger partial charge in [0.15, 0.2) is 0 Å². The number of rotatable bonds is 4. The zero-order valence-corrected chi connectivity index (χ0v) is 13.7. The van der Waals surface area contributed by atoms with Gasteiger partial charge in [0.1, 0.15) is 18.0 Å². The molecular formula is C18H24N4. The zero-order chi connectivity index (χ0) is 15.5. The topological polar surface area (TPSA) is 41.0 Å². The molecule has 22 heavy (non-hydrogen) atoms. The highest BCUT2D eigenvalue weighted by Crippen LogP contribution is 2.21. The molecule has 0 unspecified atom stereocenters. The zero-order valence-electron chi connectivity index (χ0n) is 13.7. The van der Waals surface area contributed by atoms with E-state index in [0.717, 1.165) is 31.3 Å². The molecule has 116 valence electrons. The van der Waals surface area contributed by atoms with Crippen molar-refractivity contribution in [1.29, 1.82) is 0 Å². The monoisotopic (exact) mass is 296 g/mol. The SMILES string of the molecule is Cc1cc(C)c(CNc2cc(N3CCCC3)ncn2)c(C)c1. The highest BCUT2D eigenvalue weighted by Gasteiger charge is 2.14. The summed E-state index contributed by atoms with van der Waals surface area (Å²) < 4.78 is 0. The Morgan fingerprint density at radius 3 is 2.36 bits per heavy atom. The van der Waals surface area contributed by atoms with E-state index in [-0.39, 0.29) is 0 Å². The number of nitrogens with zero attached hydrogens (tertiary/aromatic N) is 3. The van der Waals surface area contributed by atoms with Gasteiger partial charge in [-0.3, -0.25) is 0 Å². The first-order chi connectivity index (χ1) is 10.6. The minimum absolute atomic E-state index is 0.800. The summed E-state index contributed by atoms with van der Waals surface area (Å²) in [5, 5.41) is 3.45. The van der Waals surface area contributed by atoms with Gasteiger partial charge >= 0.3 is 0 Å². The lowest BCUT2D eigenvalue weighted by Gasteiger charge is -2.17. The maximum absolute atomic E-state index is 4.40. The number of benzene rings is 1. The Morgan fingerprint density at radius 2 is 1.68 bits per heavy atom. The number of aromatic nitrogens is 2. The lowest BCUT2D eigenvalue weighted by Crippen LogP contribution is -2.19. The summed E-state index contributed by atoms with van der Waals surface area (Å²) in [6.45, 7) is 9.50. The van der Waals surface area contributed by atoms with Crippen LogP contribution in [0.15, 0.2) is 24.5 Å². The molecule has 0 radical (unpaired) electrons. The molecule has 1 aromatic carbocycles. The van der Waals surface area contributed by atoms with Crippen molar-refractivity contribution >= 4 is 11.6 Å². The number of nitrogens with one attached hydrogen (secondary N) is 1. The van der Waals surface area contributed by atoms with Crippen molar-refractivity contribution in [2.75, 3.05) is 23.3 Å². The smallest absolute Gasteiger partial charge is 0.134 e. The highest BCUT2D eigenvalue weighted by molar-refractivity contribution is 5.50. The Bertz CT molecular complexity index is 637. The molecule has 0 aliphatic carbocycles. The van der Waals surface area contributed by atoms with E-state index in [1.165, 1.54) is 35.1 Å². The van der Waals surface area contributed by atoms with E-state index in [1.807, 2.05) is 0 Å². The van der Waals surface area contributed by atoms with Gasteiger partial charge in [-0.05, 0) is 50.3 Å². The second-order valence-corrected chi connectivity index (χ2v) is 6.19. The van der Waals surface area contributed by atoms with E-state index in [1.54, 1.807) is 6.33 Å². The third kappa shape index (κ3) is 3.21. The molecule has 0 amide bonds. The Kier molecular flexibility index (Phi) is 4.27. The van der Waals surface area contributed by atoms with Gasteiger partial charge in [0.05, 0.1) is 0 Å². The van der Waals surface area contributed by atoms with Crippen molar-refractivity contribution in [3.63, 3.8) is 0 Å². The highest BCUT2D eigenvalue weighted by atomic mass is 15.2. The predicted octanol–water partition coefficient (Wildman–Crippen LogP) is 3.61. The number of hydrogen-bond acceptors (Lipinski definition) is 4. The molecule has 1 aliphatic heterocycles. The van der Waals surface area contributed by atoms with Gasteiger partial charge in [-0.25, -0.2) is 9.97 Å². The first-order valence-electron chi connectivity index (χ1n) is 8.01. The maximum atomic E-state index is 4.40. The van der Waals surface area contributed by atoms with Gasteiger partial charge in [0.25, 0.3) is 0 Å². The maximum Gasteiger partial charge on any atom is 0.134 e. The molecule has 1 fully saturated rings. The van der Waals surface area contributed by atoms with Crippen molar-refractivity contribution in [1.82, 2.24) is 9.97 Å². The van der Waals surface area contributed by atoms with Crippen molar-refractivity contribution in [3.05, 3.63) is 46.8 Å². The molecule has 0 bridgehead atoms. The van der Waals surface area contributed by atoms with Crippen LogP contribution < -0.4 is 10.2 Å². The second-order valence-electron chi connectivity index (χ2n) is 6.19. The van der Waals surface area contributed by atoms with Crippen LogP contribution in [0.3, 0.4) is 0 Å². The molecule has 4 heteroatoms. The van der Waals surface area contributed by atoms with E-state index >= 15 is 0 Å². The van der Waals surface area contributed by atoms with E-state index in [9.17, 15) is 0 Å². The molecule has 2 heterocycles. The molecule has 0 atom stereocenters. The summed E-state index contributed by atoms with van der Waals surface area (Å²) in [4.78, 5) is 11.1. The fraction of sp³-hybridized carbons (Fsp3) is 0.444. The van der Waals surface area contributed by atoms with Crippen LogP contribution in [0.25, 0.3) is 0 Å². The number of aryl methyl sites for hydroxylation is 3. The third-order valence-corrected chi connectivity index (χ3v) is 4.37. The van der Waals surface area contributed by atoms with Gasteiger partial charge in [0.2, 0.25) is 0 Å². The molecule has 2 aromatic rings. The Morgan fingerprint density at radius 1 is 1.00 bits per heavy atom. The Hall–Kier alpha value is -2.10. The summed E-state index contributed by atoms with van der Waals surface area (Å²) >= 11 is 0. The van der Waals surface area contributed by atoms with Crippen LogP contribution in [0.1, 0.15) is 35.1 Å². The van der Waals surface area contributed by atoms with Crippen molar-refractivity contribution in [2.45, 2.75) is 40.2 Å². The number of anilines is 2. The normalized spacial score (nSPS) is 14.4. The molecule has 1 aromatic heterocycles. The quantitative estimate of drug-likeness (QED) is 0.935. The van der Waals surface area contributed by atoms with Gasteiger partial charge in [-0.2, -0.15) is 0 Å². The Balaban J connectivity index is 1.73. The van der Waals surface area contributed by atoms with E-state index in [4.69, 9.17) is 0 Å². The molecular weight excluding hydrogens is 272 g/mol. The van der Waals surface area contributed by atoms with Crippen LogP contribution in [0.4, 0.5) is 11.6 Å². The summed E-state index contributed by atoms with van der Waals surface area (Å²) in [6.07, 6.45) is 4.17. The summed E-state index contributed by atoms with van der Waals surface area (Å²) in [5.41, 5.74) is 5.33. The summed E-state index contributed by atoms with van der Waals surface area (Å²) in [6, 6.07) is 6.53. The lowest BCUT2D eigenvalue weighted by molar-refractivity contribution is 0.925. The van der Waals surface area contributed by atoms with Crippen molar-refractivity contribution in [2.24, 2.45) is 0 Å². The van der Waals surface area contributed by atoms with E-state index in [2.05, 4.69) is 59.2 Å². The Labute approximate surface area is 132 Å². The molecule has 3 rings (SSSR count). The average molecular weight is 296 g/mol. The van der Waals surface area contributed by atoms with Gasteiger partial charge in [0, 0.05) is 25.7 Å². The minimum atomic E-state index is 0.800. The fourth-order valence-electron chi connectivity index (χ4n) is 3.23. The molecule has 1 aliphatic rings. The van der Waals surface area contributed by atoms with Crippen LogP contribution in [0, 0.1) is 20.8 Å². The van der Waals surface area contributed by atoms with E-state index < -0.39 is 0 Å². The van der Waals surface area contributed by atoms with Crippen LogP contribution in [-0.2, 0) is 6.54 Å². The van der Waals surface area contributed by atoms with Crippen molar-refractivity contribution in [3.8, 4) is 0 Å². The fourth-order valence-corrected chi connectivity index (χ4v) is 3.23. The van der Waals surface area contributed by atoms with Gasteiger partial charge in [-0.1, -0.05) is 17.7 Å². The molecule has 0 spiro atoms. The van der Waals surface area contributed by atoms with E-state index in [0.29, 0.717) is 0 Å². The van der Waals surface area contributed by atoms with Crippen LogP contribution in [-0.4, -0.2) is 23.1 Å². The summed E-state index contributed by atoms with van der Waals surface area (Å²) in [5.74, 6) is 1.93. The van der Waals surface area contributed by atoms with Crippen LogP contribution in [0.2, 0.25) is 0 Å². The molecule has 0 saturated carbocycles. The standard InChI is InChI=1S/C18H24N4/c1-13-8-14(2)16(15(3)9-13)11-19-17-10-18(21-12-20-17)22-6-4-5-7-22/h8-10,12H,4-7,11H2,1-3H3,(H,19,20,21). The lowest BCUT2D eigenvalue weighted by atomic mass is 10.00. The van der Waals surface area contributed by atoms with Crippen molar-refractivity contribution < 1.29 is 0 Å². The number of hydrogen-bond donors (Lipinski definition) is 1. The first-order valence-corrected chi connectivity index (χ1v) is 8.01. The minimum Gasteiger partial charge on any atom is -0.366 e. The molecule has 4 nitrogen and oxygen atoms in total. The first kappa shape index (κ1) is 14.8. The average Bonchev–Trinajstić information content (AvgIpc) is 3.00. The van der Waals surface area contributed by atoms with Crippen LogP contribution in [0.5, 0.6) is 0 Å².